The van der Waals surface area contributed by atoms with Gasteiger partial charge < -0.3 is 4.74 Å². The van der Waals surface area contributed by atoms with E-state index in [0.717, 1.165) is 11.1 Å². The number of esters is 1. The second-order valence-electron chi connectivity index (χ2n) is 4.29. The van der Waals surface area contributed by atoms with Gasteiger partial charge in [-0.15, -0.1) is 0 Å². The van der Waals surface area contributed by atoms with Gasteiger partial charge in [0.1, 0.15) is 12.5 Å². The Hall–Kier alpha value is -1.91. The first-order valence-electron chi connectivity index (χ1n) is 5.43. The van der Waals surface area contributed by atoms with E-state index in [1.54, 1.807) is 0 Å². The molecule has 1 fully saturated rings. The van der Waals surface area contributed by atoms with Crippen LogP contribution in [-0.4, -0.2) is 16.9 Å². The van der Waals surface area contributed by atoms with Crippen LogP contribution in [-0.2, 0) is 16.1 Å². The summed E-state index contributed by atoms with van der Waals surface area (Å²) in [5.41, 5.74) is 1.99. The van der Waals surface area contributed by atoms with Crippen LogP contribution in [0.5, 0.6) is 0 Å². The number of nitro groups is 1. The van der Waals surface area contributed by atoms with Crippen molar-refractivity contribution < 1.29 is 14.5 Å². The highest BCUT2D eigenvalue weighted by atomic mass is 16.6. The van der Waals surface area contributed by atoms with Crippen molar-refractivity contribution in [1.29, 1.82) is 0 Å². The molecular formula is C12H13NO4. The molecule has 0 spiro atoms. The smallest absolute Gasteiger partial charge is 0.316 e. The predicted molar refractivity (Wildman–Crippen MR) is 59.9 cm³/mol. The van der Waals surface area contributed by atoms with Gasteiger partial charge in [0.25, 0.3) is 0 Å². The van der Waals surface area contributed by atoms with Crippen LogP contribution in [0.1, 0.15) is 17.5 Å². The molecule has 1 aromatic carbocycles. The Morgan fingerprint density at radius 1 is 1.59 bits per heavy atom. The van der Waals surface area contributed by atoms with Crippen LogP contribution in [0.3, 0.4) is 0 Å². The SMILES string of the molecule is Cc1cccc(COC(=O)C2CC2[N+](=O)[O-])c1. The van der Waals surface area contributed by atoms with Gasteiger partial charge in [0.2, 0.25) is 6.04 Å². The molecule has 0 bridgehead atoms. The second-order valence-corrected chi connectivity index (χ2v) is 4.29. The third kappa shape index (κ3) is 2.81. The summed E-state index contributed by atoms with van der Waals surface area (Å²) in [5.74, 6) is -1.01. The first kappa shape index (κ1) is 11.6. The number of aryl methyl sites for hydroxylation is 1. The Morgan fingerprint density at radius 3 is 2.94 bits per heavy atom. The molecule has 1 aliphatic carbocycles. The summed E-state index contributed by atoms with van der Waals surface area (Å²) in [6, 6.07) is 6.88. The number of benzene rings is 1. The predicted octanol–water partition coefficient (Wildman–Crippen LogP) is 1.70. The molecule has 0 aliphatic heterocycles. The van der Waals surface area contributed by atoms with Crippen LogP contribution in [0.2, 0.25) is 0 Å². The van der Waals surface area contributed by atoms with Crippen molar-refractivity contribution in [3.05, 3.63) is 45.5 Å². The molecule has 90 valence electrons. The summed E-state index contributed by atoms with van der Waals surface area (Å²) in [5, 5.41) is 10.4. The number of carbonyl (C=O) groups excluding carboxylic acids is 1. The number of carbonyl (C=O) groups is 1. The Kier molecular flexibility index (Phi) is 3.08. The fourth-order valence-corrected chi connectivity index (χ4v) is 1.73. The Bertz CT molecular complexity index is 458. The fourth-order valence-electron chi connectivity index (χ4n) is 1.73. The van der Waals surface area contributed by atoms with Crippen LogP contribution in [0.15, 0.2) is 24.3 Å². The summed E-state index contributed by atoms with van der Waals surface area (Å²) in [6.45, 7) is 2.14. The van der Waals surface area contributed by atoms with Gasteiger partial charge >= 0.3 is 5.97 Å². The molecule has 1 aromatic rings. The molecule has 2 atom stereocenters. The first-order valence-corrected chi connectivity index (χ1v) is 5.43. The molecule has 1 aliphatic rings. The average Bonchev–Trinajstić information content (AvgIpc) is 3.06. The highest BCUT2D eigenvalue weighted by molar-refractivity contribution is 5.76. The van der Waals surface area contributed by atoms with Crippen LogP contribution in [0, 0.1) is 23.0 Å². The molecule has 17 heavy (non-hydrogen) atoms. The largest absolute Gasteiger partial charge is 0.460 e. The van der Waals surface area contributed by atoms with Gasteiger partial charge in [-0.3, -0.25) is 14.9 Å². The minimum Gasteiger partial charge on any atom is -0.460 e. The zero-order valence-electron chi connectivity index (χ0n) is 9.46. The number of hydrogen-bond acceptors (Lipinski definition) is 4. The highest BCUT2D eigenvalue weighted by Crippen LogP contribution is 2.34. The lowest BCUT2D eigenvalue weighted by atomic mass is 10.1. The number of ether oxygens (including phenoxy) is 1. The summed E-state index contributed by atoms with van der Waals surface area (Å²) in [4.78, 5) is 21.4. The number of hydrogen-bond donors (Lipinski definition) is 0. The molecule has 0 aromatic heterocycles. The lowest BCUT2D eigenvalue weighted by molar-refractivity contribution is -0.497. The van der Waals surface area contributed by atoms with Gasteiger partial charge in [0, 0.05) is 11.3 Å². The number of nitrogens with zero attached hydrogens (tertiary/aromatic N) is 1. The molecule has 5 nitrogen and oxygen atoms in total. The summed E-state index contributed by atoms with van der Waals surface area (Å²) in [6.07, 6.45) is 0.305. The van der Waals surface area contributed by atoms with Gasteiger partial charge in [-0.05, 0) is 12.5 Å². The lowest BCUT2D eigenvalue weighted by Gasteiger charge is -2.04. The van der Waals surface area contributed by atoms with Crippen LogP contribution in [0.25, 0.3) is 0 Å². The quantitative estimate of drug-likeness (QED) is 0.452. The zero-order chi connectivity index (χ0) is 12.4. The minimum absolute atomic E-state index is 0.182. The van der Waals surface area contributed by atoms with Crippen molar-refractivity contribution in [2.75, 3.05) is 0 Å². The van der Waals surface area contributed by atoms with E-state index in [1.165, 1.54) is 0 Å². The Labute approximate surface area is 98.5 Å². The molecule has 2 rings (SSSR count). The molecule has 0 radical (unpaired) electrons. The first-order chi connectivity index (χ1) is 8.08. The molecule has 1 saturated carbocycles. The zero-order valence-corrected chi connectivity index (χ0v) is 9.46. The van der Waals surface area contributed by atoms with Gasteiger partial charge in [-0.1, -0.05) is 29.8 Å². The third-order valence-corrected chi connectivity index (χ3v) is 2.79. The van der Waals surface area contributed by atoms with E-state index >= 15 is 0 Å². The molecule has 5 heteroatoms. The van der Waals surface area contributed by atoms with Crippen LogP contribution < -0.4 is 0 Å². The summed E-state index contributed by atoms with van der Waals surface area (Å²) >= 11 is 0. The maximum atomic E-state index is 11.5. The topological polar surface area (TPSA) is 69.4 Å². The van der Waals surface area contributed by atoms with E-state index < -0.39 is 22.9 Å². The maximum absolute atomic E-state index is 11.5. The monoisotopic (exact) mass is 235 g/mol. The molecule has 0 N–H and O–H groups in total. The third-order valence-electron chi connectivity index (χ3n) is 2.79. The molecule has 2 unspecified atom stereocenters. The van der Waals surface area contributed by atoms with Gasteiger partial charge in [-0.2, -0.15) is 0 Å². The van der Waals surface area contributed by atoms with Gasteiger partial charge in [0.15, 0.2) is 0 Å². The van der Waals surface area contributed by atoms with Crippen molar-refractivity contribution >= 4 is 5.97 Å². The Balaban J connectivity index is 1.83. The second kappa shape index (κ2) is 4.53. The van der Waals surface area contributed by atoms with Gasteiger partial charge in [-0.25, -0.2) is 0 Å². The normalized spacial score (nSPS) is 21.9. The molecular weight excluding hydrogens is 222 g/mol. The van der Waals surface area contributed by atoms with E-state index in [1.807, 2.05) is 31.2 Å². The highest BCUT2D eigenvalue weighted by Gasteiger charge is 2.54. The van der Waals surface area contributed by atoms with E-state index in [-0.39, 0.29) is 6.61 Å². The summed E-state index contributed by atoms with van der Waals surface area (Å²) < 4.78 is 5.04. The van der Waals surface area contributed by atoms with Crippen molar-refractivity contribution in [2.24, 2.45) is 5.92 Å². The van der Waals surface area contributed by atoms with E-state index in [9.17, 15) is 14.9 Å². The van der Waals surface area contributed by atoms with Crippen molar-refractivity contribution in [1.82, 2.24) is 0 Å². The standard InChI is InChI=1S/C12H13NO4/c1-8-3-2-4-9(5-8)7-17-12(14)10-6-11(10)13(15)16/h2-5,10-11H,6-7H2,1H3. The van der Waals surface area contributed by atoms with Crippen LogP contribution in [0.4, 0.5) is 0 Å². The van der Waals surface area contributed by atoms with E-state index in [0.29, 0.717) is 6.42 Å². The molecule has 0 saturated heterocycles. The maximum Gasteiger partial charge on any atom is 0.316 e. The van der Waals surface area contributed by atoms with Gasteiger partial charge in [0.05, 0.1) is 0 Å². The van der Waals surface area contributed by atoms with Crippen molar-refractivity contribution in [3.8, 4) is 0 Å². The van der Waals surface area contributed by atoms with E-state index in [4.69, 9.17) is 4.74 Å². The Morgan fingerprint density at radius 2 is 2.35 bits per heavy atom. The number of rotatable bonds is 4. The van der Waals surface area contributed by atoms with Crippen molar-refractivity contribution in [3.63, 3.8) is 0 Å². The van der Waals surface area contributed by atoms with E-state index in [2.05, 4.69) is 0 Å². The van der Waals surface area contributed by atoms with Crippen molar-refractivity contribution in [2.45, 2.75) is 26.0 Å². The molecule has 0 heterocycles. The molecule has 0 amide bonds. The van der Waals surface area contributed by atoms with Crippen LogP contribution >= 0.6 is 0 Å². The summed E-state index contributed by atoms with van der Waals surface area (Å²) in [7, 11) is 0. The fraction of sp³-hybridized carbons (Fsp3) is 0.417. The average molecular weight is 235 g/mol. The lowest BCUT2D eigenvalue weighted by Crippen LogP contribution is -2.13. The minimum atomic E-state index is -0.736.